The Labute approximate surface area is 141 Å². The van der Waals surface area contributed by atoms with E-state index in [-0.39, 0.29) is 37.1 Å². The Morgan fingerprint density at radius 1 is 1.12 bits per heavy atom. The van der Waals surface area contributed by atoms with Gasteiger partial charge < -0.3 is 10.2 Å². The van der Waals surface area contributed by atoms with Crippen LogP contribution < -0.4 is 0 Å². The molecule has 24 heavy (non-hydrogen) atoms. The highest BCUT2D eigenvalue weighted by Crippen LogP contribution is 2.39. The lowest BCUT2D eigenvalue weighted by Crippen LogP contribution is -2.53. The zero-order valence-corrected chi connectivity index (χ0v) is 14.7. The van der Waals surface area contributed by atoms with Crippen LogP contribution in [0.4, 0.5) is 13.2 Å². The van der Waals surface area contributed by atoms with Crippen LogP contribution in [0.3, 0.4) is 0 Å². The summed E-state index contributed by atoms with van der Waals surface area (Å²) >= 11 is 0. The summed E-state index contributed by atoms with van der Waals surface area (Å²) in [6, 6.07) is 3.81. The molecule has 1 aromatic rings. The molecule has 1 fully saturated rings. The minimum atomic E-state index is -4.59. The number of aryl methyl sites for hydroxylation is 1. The first-order valence-corrected chi connectivity index (χ1v) is 8.18. The second-order valence-electron chi connectivity index (χ2n) is 7.88. The van der Waals surface area contributed by atoms with E-state index in [2.05, 4.69) is 0 Å². The lowest BCUT2D eigenvalue weighted by molar-refractivity contribution is -0.272. The molecule has 2 N–H and O–H groups in total. The monoisotopic (exact) mass is 345 g/mol. The van der Waals surface area contributed by atoms with Crippen LogP contribution in [0.5, 0.6) is 5.75 Å². The summed E-state index contributed by atoms with van der Waals surface area (Å²) in [4.78, 5) is 1.85. The third-order valence-corrected chi connectivity index (χ3v) is 4.75. The van der Waals surface area contributed by atoms with Gasteiger partial charge in [0.15, 0.2) is 5.60 Å². The van der Waals surface area contributed by atoms with Gasteiger partial charge in [-0.3, -0.25) is 4.90 Å². The molecule has 6 heteroatoms. The lowest BCUT2D eigenvalue weighted by Gasteiger charge is -2.39. The van der Waals surface area contributed by atoms with E-state index < -0.39 is 11.8 Å². The minimum Gasteiger partial charge on any atom is -0.507 e. The first kappa shape index (κ1) is 19.1. The molecule has 0 unspecified atom stereocenters. The maximum atomic E-state index is 12.9. The van der Waals surface area contributed by atoms with E-state index in [1.807, 2.05) is 44.7 Å². The van der Waals surface area contributed by atoms with Gasteiger partial charge in [0.2, 0.25) is 0 Å². The van der Waals surface area contributed by atoms with Crippen LogP contribution in [-0.2, 0) is 12.0 Å². The Hall–Kier alpha value is -1.27. The van der Waals surface area contributed by atoms with Crippen LogP contribution in [0.25, 0.3) is 0 Å². The minimum absolute atomic E-state index is 0.147. The van der Waals surface area contributed by atoms with Crippen molar-refractivity contribution in [3.63, 3.8) is 0 Å². The highest BCUT2D eigenvalue weighted by atomic mass is 19.4. The highest BCUT2D eigenvalue weighted by molar-refractivity contribution is 5.46. The number of piperidine rings is 1. The number of phenols is 1. The van der Waals surface area contributed by atoms with E-state index in [4.69, 9.17) is 0 Å². The van der Waals surface area contributed by atoms with Crippen molar-refractivity contribution < 1.29 is 23.4 Å². The molecule has 0 aliphatic carbocycles. The molecule has 2 rings (SSSR count). The van der Waals surface area contributed by atoms with Crippen LogP contribution in [0.15, 0.2) is 12.1 Å². The summed E-state index contributed by atoms with van der Waals surface area (Å²) in [6.07, 6.45) is -5.27. The smallest absolute Gasteiger partial charge is 0.417 e. The molecule has 136 valence electrons. The summed E-state index contributed by atoms with van der Waals surface area (Å²) < 4.78 is 38.6. The fourth-order valence-electron chi connectivity index (χ4n) is 3.15. The van der Waals surface area contributed by atoms with E-state index in [1.54, 1.807) is 0 Å². The molecule has 1 aromatic carbocycles. The molecule has 1 aliphatic heterocycles. The zero-order chi connectivity index (χ0) is 18.3. The molecule has 0 bridgehead atoms. The molecule has 1 saturated heterocycles. The second kappa shape index (κ2) is 6.23. The second-order valence-corrected chi connectivity index (χ2v) is 7.88. The van der Waals surface area contributed by atoms with E-state index in [0.29, 0.717) is 6.54 Å². The average Bonchev–Trinajstić information content (AvgIpc) is 2.42. The fraction of sp³-hybridized carbons (Fsp3) is 0.667. The number of nitrogens with zero attached hydrogens (tertiary/aromatic N) is 1. The molecule has 0 aromatic heterocycles. The maximum absolute atomic E-state index is 12.9. The molecule has 0 saturated carbocycles. The summed E-state index contributed by atoms with van der Waals surface area (Å²) in [5, 5.41) is 20.3. The van der Waals surface area contributed by atoms with Crippen molar-refractivity contribution in [2.45, 2.75) is 64.3 Å². The van der Waals surface area contributed by atoms with Crippen LogP contribution in [-0.4, -0.2) is 40.0 Å². The number of halogens is 3. The summed E-state index contributed by atoms with van der Waals surface area (Å²) in [7, 11) is 0. The predicted molar refractivity (Wildman–Crippen MR) is 87.1 cm³/mol. The first-order chi connectivity index (χ1) is 10.8. The van der Waals surface area contributed by atoms with Gasteiger partial charge in [0.25, 0.3) is 0 Å². The third-order valence-electron chi connectivity index (χ3n) is 4.75. The highest BCUT2D eigenvalue weighted by Gasteiger charge is 2.54. The topological polar surface area (TPSA) is 43.7 Å². The number of likely N-dealkylation sites (tertiary alicyclic amines) is 1. The van der Waals surface area contributed by atoms with Gasteiger partial charge in [-0.1, -0.05) is 38.5 Å². The lowest BCUT2D eigenvalue weighted by atomic mass is 9.84. The SMILES string of the molecule is Cc1cc(CN2CCC(O)(C(F)(F)F)CC2)c(O)c(C(C)(C)C)c1. The molecular weight excluding hydrogens is 319 g/mol. The fourth-order valence-corrected chi connectivity index (χ4v) is 3.15. The van der Waals surface area contributed by atoms with E-state index in [9.17, 15) is 23.4 Å². The predicted octanol–water partition coefficient (Wildman–Crippen LogP) is 3.89. The number of phenolic OH excluding ortho intramolecular Hbond substituents is 1. The molecule has 0 radical (unpaired) electrons. The third kappa shape index (κ3) is 3.86. The van der Waals surface area contributed by atoms with E-state index in [0.717, 1.165) is 16.7 Å². The Morgan fingerprint density at radius 3 is 2.12 bits per heavy atom. The van der Waals surface area contributed by atoms with Gasteiger partial charge in [-0.05, 0) is 30.7 Å². The van der Waals surface area contributed by atoms with Crippen molar-refractivity contribution in [3.8, 4) is 5.75 Å². The van der Waals surface area contributed by atoms with Gasteiger partial charge in [0.05, 0.1) is 0 Å². The van der Waals surface area contributed by atoms with Crippen LogP contribution >= 0.6 is 0 Å². The number of aromatic hydroxyl groups is 1. The van der Waals surface area contributed by atoms with E-state index in [1.165, 1.54) is 0 Å². The molecule has 0 spiro atoms. The van der Waals surface area contributed by atoms with Gasteiger partial charge >= 0.3 is 6.18 Å². The molecule has 0 amide bonds. The Kier molecular flexibility index (Phi) is 4.94. The maximum Gasteiger partial charge on any atom is 0.417 e. The molecule has 0 atom stereocenters. The number of aliphatic hydroxyl groups is 1. The van der Waals surface area contributed by atoms with Gasteiger partial charge in [0.1, 0.15) is 5.75 Å². The van der Waals surface area contributed by atoms with Crippen molar-refractivity contribution >= 4 is 0 Å². The van der Waals surface area contributed by atoms with Gasteiger partial charge in [0, 0.05) is 25.2 Å². The summed E-state index contributed by atoms with van der Waals surface area (Å²) in [5.41, 5.74) is -0.243. The van der Waals surface area contributed by atoms with Crippen LogP contribution in [0.1, 0.15) is 50.3 Å². The average molecular weight is 345 g/mol. The van der Waals surface area contributed by atoms with Gasteiger partial charge in [-0.15, -0.1) is 0 Å². The van der Waals surface area contributed by atoms with Crippen molar-refractivity contribution in [2.75, 3.05) is 13.1 Å². The largest absolute Gasteiger partial charge is 0.507 e. The standard InChI is InChI=1S/C18H26F3NO2/c1-12-9-13(15(23)14(10-12)16(2,3)4)11-22-7-5-17(24,6-8-22)18(19,20)21/h9-10,23-24H,5-8,11H2,1-4H3. The van der Waals surface area contributed by atoms with Gasteiger partial charge in [-0.25, -0.2) is 0 Å². The van der Waals surface area contributed by atoms with Crippen LogP contribution in [0.2, 0.25) is 0 Å². The quantitative estimate of drug-likeness (QED) is 0.855. The Morgan fingerprint density at radius 2 is 1.67 bits per heavy atom. The number of hydrogen-bond donors (Lipinski definition) is 2. The number of hydrogen-bond acceptors (Lipinski definition) is 3. The summed E-state index contributed by atoms with van der Waals surface area (Å²) in [6.45, 7) is 8.64. The number of alkyl halides is 3. The molecule has 3 nitrogen and oxygen atoms in total. The number of rotatable bonds is 2. The van der Waals surface area contributed by atoms with Crippen molar-refractivity contribution in [2.24, 2.45) is 0 Å². The van der Waals surface area contributed by atoms with E-state index >= 15 is 0 Å². The van der Waals surface area contributed by atoms with Crippen molar-refractivity contribution in [1.29, 1.82) is 0 Å². The molecule has 1 aliphatic rings. The Balaban J connectivity index is 2.15. The van der Waals surface area contributed by atoms with Crippen molar-refractivity contribution in [1.82, 2.24) is 4.90 Å². The molecular formula is C18H26F3NO2. The van der Waals surface area contributed by atoms with Crippen molar-refractivity contribution in [3.05, 3.63) is 28.8 Å². The molecule has 1 heterocycles. The zero-order valence-electron chi connectivity index (χ0n) is 14.7. The van der Waals surface area contributed by atoms with Gasteiger partial charge in [-0.2, -0.15) is 13.2 Å². The normalized spacial score (nSPS) is 19.5. The first-order valence-electron chi connectivity index (χ1n) is 8.18. The van der Waals surface area contributed by atoms with Crippen LogP contribution in [0, 0.1) is 6.92 Å². The number of benzene rings is 1. The Bertz CT molecular complexity index is 598. The summed E-state index contributed by atoms with van der Waals surface area (Å²) in [5.74, 6) is 0.213.